The molecule has 0 bridgehead atoms. The van der Waals surface area contributed by atoms with E-state index < -0.39 is 5.41 Å². The number of amides is 2. The average Bonchev–Trinajstić information content (AvgIpc) is 3.49. The van der Waals surface area contributed by atoms with E-state index in [9.17, 15) is 9.59 Å². The minimum Gasteiger partial charge on any atom is -0.368 e. The van der Waals surface area contributed by atoms with Crippen LogP contribution >= 0.6 is 11.3 Å². The minimum absolute atomic E-state index is 0.0401. The van der Waals surface area contributed by atoms with Crippen LogP contribution in [0.25, 0.3) is 10.4 Å². The number of benzene rings is 1. The molecule has 2 atom stereocenters. The Labute approximate surface area is 182 Å². The van der Waals surface area contributed by atoms with Gasteiger partial charge in [-0.25, -0.2) is 0 Å². The van der Waals surface area contributed by atoms with Crippen molar-refractivity contribution in [2.24, 2.45) is 5.41 Å². The average molecular weight is 427 g/mol. The molecule has 2 aromatic rings. The summed E-state index contributed by atoms with van der Waals surface area (Å²) in [6.07, 6.45) is 2.66. The number of hydrogen-bond donors (Lipinski definition) is 1. The highest BCUT2D eigenvalue weighted by Gasteiger charge is 2.47. The highest BCUT2D eigenvalue weighted by atomic mass is 32.1. The fourth-order valence-corrected chi connectivity index (χ4v) is 5.36. The lowest BCUT2D eigenvalue weighted by Gasteiger charge is -2.30. The maximum Gasteiger partial charge on any atom is 0.251 e. The van der Waals surface area contributed by atoms with Gasteiger partial charge in [-0.3, -0.25) is 9.59 Å². The number of likely N-dealkylation sites (tertiary alicyclic amines) is 1. The molecule has 2 saturated heterocycles. The van der Waals surface area contributed by atoms with E-state index in [4.69, 9.17) is 4.74 Å². The minimum atomic E-state index is -0.619. The third-order valence-electron chi connectivity index (χ3n) is 6.10. The Morgan fingerprint density at radius 3 is 2.80 bits per heavy atom. The van der Waals surface area contributed by atoms with Crippen LogP contribution in [0.5, 0.6) is 0 Å². The van der Waals surface area contributed by atoms with E-state index in [0.29, 0.717) is 32.5 Å². The molecule has 2 amide bonds. The predicted molar refractivity (Wildman–Crippen MR) is 119 cm³/mol. The lowest BCUT2D eigenvalue weighted by Crippen LogP contribution is -2.48. The zero-order valence-electron chi connectivity index (χ0n) is 17.7. The lowest BCUT2D eigenvalue weighted by atomic mass is 9.78. The van der Waals surface area contributed by atoms with Crippen LogP contribution in [0.15, 0.2) is 41.8 Å². The maximum atomic E-state index is 13.4. The summed E-state index contributed by atoms with van der Waals surface area (Å²) >= 11 is 1.71. The summed E-state index contributed by atoms with van der Waals surface area (Å²) in [7, 11) is 0. The first-order valence-electron chi connectivity index (χ1n) is 10.8. The van der Waals surface area contributed by atoms with Crippen LogP contribution in [0.1, 0.15) is 38.7 Å². The van der Waals surface area contributed by atoms with Crippen molar-refractivity contribution in [2.45, 2.75) is 51.7 Å². The molecule has 3 heterocycles. The summed E-state index contributed by atoms with van der Waals surface area (Å²) in [4.78, 5) is 29.4. The van der Waals surface area contributed by atoms with E-state index in [1.54, 1.807) is 11.3 Å². The van der Waals surface area contributed by atoms with Crippen LogP contribution in [0.3, 0.4) is 0 Å². The fourth-order valence-electron chi connectivity index (χ4n) is 4.57. The van der Waals surface area contributed by atoms with Gasteiger partial charge in [0.2, 0.25) is 5.91 Å². The normalized spacial score (nSPS) is 23.8. The van der Waals surface area contributed by atoms with Crippen LogP contribution in [0.2, 0.25) is 0 Å². The van der Waals surface area contributed by atoms with Gasteiger partial charge in [0, 0.05) is 30.6 Å². The monoisotopic (exact) mass is 426 g/mol. The van der Waals surface area contributed by atoms with Gasteiger partial charge in [-0.2, -0.15) is 0 Å². The number of ether oxygens (including phenoxy) is 1. The molecule has 0 spiro atoms. The molecule has 4 rings (SSSR count). The molecular formula is C24H30N2O3S. The molecule has 0 saturated carbocycles. The van der Waals surface area contributed by atoms with E-state index >= 15 is 0 Å². The van der Waals surface area contributed by atoms with E-state index in [0.717, 1.165) is 18.4 Å². The fraction of sp³-hybridized carbons (Fsp3) is 0.500. The van der Waals surface area contributed by atoms with E-state index in [1.165, 1.54) is 10.4 Å². The molecule has 160 valence electrons. The first-order chi connectivity index (χ1) is 14.5. The van der Waals surface area contributed by atoms with Crippen LogP contribution in [0, 0.1) is 5.41 Å². The summed E-state index contributed by atoms with van der Waals surface area (Å²) in [5.41, 5.74) is 1.71. The number of carbonyl (C=O) groups excluding carboxylic acids is 2. The third kappa shape index (κ3) is 4.30. The number of nitrogens with zero attached hydrogens (tertiary/aromatic N) is 1. The molecule has 0 aliphatic carbocycles. The molecule has 2 aliphatic heterocycles. The Kier molecular flexibility index (Phi) is 6.25. The van der Waals surface area contributed by atoms with Crippen molar-refractivity contribution in [1.29, 1.82) is 0 Å². The van der Waals surface area contributed by atoms with Gasteiger partial charge in [-0.1, -0.05) is 30.3 Å². The van der Waals surface area contributed by atoms with Crippen LogP contribution in [-0.2, 0) is 20.7 Å². The molecule has 1 N–H and O–H groups in total. The SMILES string of the molecule is CC(C)NC(=O)[C@@]1(Cc2ccccc2-c2cccs2)CCN(C(=O)[C@H]2CCCO2)C1. The summed E-state index contributed by atoms with van der Waals surface area (Å²) in [5.74, 6) is 0.0828. The molecule has 2 fully saturated rings. The number of thiophene rings is 1. The zero-order chi connectivity index (χ0) is 21.1. The van der Waals surface area contributed by atoms with Crippen molar-refractivity contribution in [2.75, 3.05) is 19.7 Å². The highest BCUT2D eigenvalue weighted by molar-refractivity contribution is 7.13. The molecule has 30 heavy (non-hydrogen) atoms. The molecule has 0 unspecified atom stereocenters. The smallest absolute Gasteiger partial charge is 0.251 e. The molecule has 5 nitrogen and oxygen atoms in total. The first kappa shape index (κ1) is 21.1. The van der Waals surface area contributed by atoms with Crippen LogP contribution in [0.4, 0.5) is 0 Å². The van der Waals surface area contributed by atoms with Gasteiger partial charge in [-0.15, -0.1) is 11.3 Å². The van der Waals surface area contributed by atoms with Crippen LogP contribution in [-0.4, -0.2) is 48.6 Å². The molecule has 6 heteroatoms. The van der Waals surface area contributed by atoms with E-state index in [2.05, 4.69) is 35.0 Å². The standard InChI is InChI=1S/C24H30N2O3S/c1-17(2)25-23(28)24(11-12-26(16-24)22(27)20-9-5-13-29-20)15-18-7-3-4-8-19(18)21-10-6-14-30-21/h3-4,6-8,10,14,17,20H,5,9,11-13,15-16H2,1-2H3,(H,25,28)/t20-,24-/m1/s1. The van der Waals surface area contributed by atoms with Crippen molar-refractivity contribution < 1.29 is 14.3 Å². The van der Waals surface area contributed by atoms with Crippen molar-refractivity contribution >= 4 is 23.2 Å². The maximum absolute atomic E-state index is 13.4. The van der Waals surface area contributed by atoms with Gasteiger partial charge in [0.25, 0.3) is 5.91 Å². The topological polar surface area (TPSA) is 58.6 Å². The quantitative estimate of drug-likeness (QED) is 0.763. The molecule has 0 radical (unpaired) electrons. The van der Waals surface area contributed by atoms with Crippen LogP contribution < -0.4 is 5.32 Å². The molecular weight excluding hydrogens is 396 g/mol. The predicted octanol–water partition coefficient (Wildman–Crippen LogP) is 3.88. The van der Waals surface area contributed by atoms with Crippen molar-refractivity contribution in [3.8, 4) is 10.4 Å². The Morgan fingerprint density at radius 1 is 1.27 bits per heavy atom. The summed E-state index contributed by atoms with van der Waals surface area (Å²) in [6, 6.07) is 12.5. The first-order valence-corrected chi connectivity index (χ1v) is 11.7. The highest BCUT2D eigenvalue weighted by Crippen LogP contribution is 2.39. The second-order valence-corrected chi connectivity index (χ2v) is 9.68. The van der Waals surface area contributed by atoms with E-state index in [-0.39, 0.29) is 24.0 Å². The van der Waals surface area contributed by atoms with Crippen molar-refractivity contribution in [1.82, 2.24) is 10.2 Å². The largest absolute Gasteiger partial charge is 0.368 e. The molecule has 2 aliphatic rings. The Bertz CT molecular complexity index is 890. The van der Waals surface area contributed by atoms with E-state index in [1.807, 2.05) is 30.9 Å². The second-order valence-electron chi connectivity index (χ2n) is 8.73. The Morgan fingerprint density at radius 2 is 2.10 bits per heavy atom. The molecule has 1 aromatic carbocycles. The summed E-state index contributed by atoms with van der Waals surface area (Å²) in [6.45, 7) is 5.66. The number of rotatable bonds is 6. The second kappa shape index (κ2) is 8.90. The van der Waals surface area contributed by atoms with Gasteiger partial charge in [0.1, 0.15) is 6.10 Å². The van der Waals surface area contributed by atoms with Gasteiger partial charge < -0.3 is 15.0 Å². The van der Waals surface area contributed by atoms with Crippen molar-refractivity contribution in [3.63, 3.8) is 0 Å². The van der Waals surface area contributed by atoms with Gasteiger partial charge in [0.15, 0.2) is 0 Å². The third-order valence-corrected chi connectivity index (χ3v) is 7.01. The molecule has 1 aromatic heterocycles. The number of nitrogens with one attached hydrogen (secondary N) is 1. The Hall–Kier alpha value is -2.18. The zero-order valence-corrected chi connectivity index (χ0v) is 18.5. The number of carbonyl (C=O) groups is 2. The summed E-state index contributed by atoms with van der Waals surface area (Å²) < 4.78 is 5.62. The Balaban J connectivity index is 1.62. The van der Waals surface area contributed by atoms with Crippen molar-refractivity contribution in [3.05, 3.63) is 47.3 Å². The number of hydrogen-bond acceptors (Lipinski definition) is 4. The lowest BCUT2D eigenvalue weighted by molar-refractivity contribution is -0.141. The van der Waals surface area contributed by atoms with Gasteiger partial charge in [0.05, 0.1) is 5.41 Å². The van der Waals surface area contributed by atoms with Gasteiger partial charge in [-0.05, 0) is 62.1 Å². The summed E-state index contributed by atoms with van der Waals surface area (Å²) in [5, 5.41) is 5.20. The van der Waals surface area contributed by atoms with Gasteiger partial charge >= 0.3 is 0 Å².